The van der Waals surface area contributed by atoms with Crippen LogP contribution in [0.2, 0.25) is 0 Å². The van der Waals surface area contributed by atoms with Gasteiger partial charge in [-0.2, -0.15) is 0 Å². The molecule has 0 saturated heterocycles. The molecule has 1 aromatic heterocycles. The first-order valence-corrected chi connectivity index (χ1v) is 8.88. The van der Waals surface area contributed by atoms with Crippen molar-refractivity contribution in [2.24, 2.45) is 5.14 Å². The molecule has 2 aromatic rings. The lowest BCUT2D eigenvalue weighted by molar-refractivity contribution is 0.0960. The number of rotatable bonds is 4. The van der Waals surface area contributed by atoms with Gasteiger partial charge in [0.25, 0.3) is 0 Å². The minimum Gasteiger partial charge on any atom is -0.486 e. The number of para-hydroxylation sites is 2. The first-order chi connectivity index (χ1) is 10.4. The van der Waals surface area contributed by atoms with Crippen LogP contribution in [-0.2, 0) is 10.0 Å². The van der Waals surface area contributed by atoms with E-state index >= 15 is 0 Å². The molecule has 0 fully saturated rings. The highest BCUT2D eigenvalue weighted by Crippen LogP contribution is 2.31. The first-order valence-electron chi connectivity index (χ1n) is 6.52. The molecule has 1 unspecified atom stereocenters. The molecule has 22 heavy (non-hydrogen) atoms. The second-order valence-electron chi connectivity index (χ2n) is 4.89. The minimum absolute atomic E-state index is 0.0421. The summed E-state index contributed by atoms with van der Waals surface area (Å²) in [5, 5.41) is 5.65. The van der Waals surface area contributed by atoms with Gasteiger partial charge in [0, 0.05) is 7.05 Å². The minimum atomic E-state index is -3.72. The van der Waals surface area contributed by atoms with Crippen molar-refractivity contribution in [3.63, 3.8) is 0 Å². The van der Waals surface area contributed by atoms with Gasteiger partial charge in [-0.05, 0) is 12.1 Å². The Morgan fingerprint density at radius 2 is 2.14 bits per heavy atom. The molecule has 1 aromatic carbocycles. The summed E-state index contributed by atoms with van der Waals surface area (Å²) in [5.41, 5.74) is 0. The van der Waals surface area contributed by atoms with Crippen molar-refractivity contribution < 1.29 is 17.9 Å². The molecule has 1 aliphatic rings. The van der Waals surface area contributed by atoms with Crippen LogP contribution >= 0.6 is 11.3 Å². The van der Waals surface area contributed by atoms with E-state index in [1.807, 2.05) is 36.2 Å². The number of likely N-dealkylation sites (N-methyl/N-ethyl adjacent to an activating group) is 1. The lowest BCUT2D eigenvalue weighted by Gasteiger charge is -2.29. The molecule has 9 heteroatoms. The summed E-state index contributed by atoms with van der Waals surface area (Å²) in [5.74, 6) is 1.43. The van der Waals surface area contributed by atoms with Crippen molar-refractivity contribution in [3.8, 4) is 11.5 Å². The number of aromatic nitrogens is 1. The van der Waals surface area contributed by atoms with E-state index in [1.54, 1.807) is 0 Å². The molecule has 0 aliphatic carbocycles. The average Bonchev–Trinajstić information content (AvgIpc) is 2.97. The maximum absolute atomic E-state index is 11.3. The number of nitrogens with two attached hydrogens (primary N) is 1. The van der Waals surface area contributed by atoms with Crippen molar-refractivity contribution in [3.05, 3.63) is 30.5 Å². The van der Waals surface area contributed by atoms with E-state index in [4.69, 9.17) is 14.6 Å². The number of hydrogen-bond donors (Lipinski definition) is 1. The van der Waals surface area contributed by atoms with Crippen LogP contribution in [0.1, 0.15) is 0 Å². The van der Waals surface area contributed by atoms with Crippen molar-refractivity contribution in [2.75, 3.05) is 25.1 Å². The zero-order valence-corrected chi connectivity index (χ0v) is 13.4. The van der Waals surface area contributed by atoms with E-state index in [9.17, 15) is 8.42 Å². The summed E-state index contributed by atoms with van der Waals surface area (Å²) in [4.78, 5) is 5.90. The fourth-order valence-corrected chi connectivity index (χ4v) is 3.60. The Morgan fingerprint density at radius 1 is 1.41 bits per heavy atom. The van der Waals surface area contributed by atoms with Gasteiger partial charge in [-0.15, -0.1) is 0 Å². The van der Waals surface area contributed by atoms with E-state index < -0.39 is 10.0 Å². The summed E-state index contributed by atoms with van der Waals surface area (Å²) >= 11 is 1.03. The molecule has 0 spiro atoms. The zero-order valence-electron chi connectivity index (χ0n) is 11.8. The van der Waals surface area contributed by atoms with Crippen molar-refractivity contribution in [1.29, 1.82) is 0 Å². The Labute approximate surface area is 132 Å². The monoisotopic (exact) mass is 341 g/mol. The van der Waals surface area contributed by atoms with Crippen LogP contribution in [0.3, 0.4) is 0 Å². The van der Waals surface area contributed by atoms with Crippen LogP contribution in [0.15, 0.2) is 34.7 Å². The van der Waals surface area contributed by atoms with E-state index in [0.717, 1.165) is 17.1 Å². The molecule has 7 nitrogen and oxygen atoms in total. The van der Waals surface area contributed by atoms with E-state index in [2.05, 4.69) is 4.98 Å². The maximum Gasteiger partial charge on any atom is 0.249 e. The summed E-state index contributed by atoms with van der Waals surface area (Å²) < 4.78 is 34.1. The Kier molecular flexibility index (Phi) is 3.94. The summed E-state index contributed by atoms with van der Waals surface area (Å²) in [7, 11) is -1.90. The molecular formula is C13H15N3O4S2. The number of benzene rings is 1. The maximum atomic E-state index is 11.3. The molecule has 0 amide bonds. The van der Waals surface area contributed by atoms with E-state index in [0.29, 0.717) is 24.0 Å². The third-order valence-electron chi connectivity index (χ3n) is 3.12. The molecule has 2 heterocycles. The molecule has 2 N–H and O–H groups in total. The summed E-state index contributed by atoms with van der Waals surface area (Å²) in [6, 6.07) is 7.48. The molecule has 3 rings (SSSR count). The Balaban J connectivity index is 1.68. The number of anilines is 1. The fraction of sp³-hybridized carbons (Fsp3) is 0.308. The second kappa shape index (κ2) is 5.75. The van der Waals surface area contributed by atoms with Crippen LogP contribution in [0, 0.1) is 0 Å². The number of primary sulfonamides is 1. The van der Waals surface area contributed by atoms with Crippen LogP contribution in [0.4, 0.5) is 5.13 Å². The summed E-state index contributed by atoms with van der Waals surface area (Å²) in [6.07, 6.45) is 1.10. The fourth-order valence-electron chi connectivity index (χ4n) is 2.10. The highest BCUT2D eigenvalue weighted by molar-refractivity contribution is 7.91. The predicted octanol–water partition coefficient (Wildman–Crippen LogP) is 1.07. The Bertz CT molecular complexity index is 775. The van der Waals surface area contributed by atoms with Crippen LogP contribution in [0.5, 0.6) is 11.5 Å². The first kappa shape index (κ1) is 15.1. The van der Waals surface area contributed by atoms with Crippen LogP contribution < -0.4 is 19.5 Å². The van der Waals surface area contributed by atoms with Crippen LogP contribution in [-0.4, -0.2) is 39.7 Å². The molecule has 0 bridgehead atoms. The molecule has 0 saturated carbocycles. The Hall–Kier alpha value is -1.84. The molecule has 118 valence electrons. The van der Waals surface area contributed by atoms with Gasteiger partial charge in [-0.3, -0.25) is 0 Å². The van der Waals surface area contributed by atoms with E-state index in [1.165, 1.54) is 6.20 Å². The van der Waals surface area contributed by atoms with Crippen molar-refractivity contribution in [2.45, 2.75) is 10.3 Å². The topological polar surface area (TPSA) is 94.8 Å². The average molecular weight is 341 g/mol. The van der Waals surface area contributed by atoms with Gasteiger partial charge in [0.15, 0.2) is 26.9 Å². The Morgan fingerprint density at radius 3 is 2.82 bits per heavy atom. The number of thiazole rings is 1. The zero-order chi connectivity index (χ0) is 15.7. The lowest BCUT2D eigenvalue weighted by atomic mass is 10.2. The predicted molar refractivity (Wildman–Crippen MR) is 83.1 cm³/mol. The van der Waals surface area contributed by atoms with Gasteiger partial charge in [0.2, 0.25) is 10.0 Å². The quantitative estimate of drug-likeness (QED) is 0.894. The third-order valence-corrected chi connectivity index (χ3v) is 5.64. The number of ether oxygens (including phenoxy) is 2. The summed E-state index contributed by atoms with van der Waals surface area (Å²) in [6.45, 7) is 0.945. The SMILES string of the molecule is CN(CC1COc2ccccc2O1)c1ncc(S(N)(=O)=O)s1. The molecular weight excluding hydrogens is 326 g/mol. The van der Waals surface area contributed by atoms with Gasteiger partial charge in [0.1, 0.15) is 6.61 Å². The normalized spacial score (nSPS) is 17.3. The van der Waals surface area contributed by atoms with Gasteiger partial charge >= 0.3 is 0 Å². The van der Waals surface area contributed by atoms with Crippen molar-refractivity contribution in [1.82, 2.24) is 4.98 Å². The van der Waals surface area contributed by atoms with Gasteiger partial charge < -0.3 is 14.4 Å². The third kappa shape index (κ3) is 3.16. The largest absolute Gasteiger partial charge is 0.486 e. The van der Waals surface area contributed by atoms with Gasteiger partial charge in [-0.1, -0.05) is 23.5 Å². The number of sulfonamides is 1. The van der Waals surface area contributed by atoms with Gasteiger partial charge in [0.05, 0.1) is 12.7 Å². The second-order valence-corrected chi connectivity index (χ2v) is 7.68. The van der Waals surface area contributed by atoms with Crippen LogP contribution in [0.25, 0.3) is 0 Å². The van der Waals surface area contributed by atoms with Crippen molar-refractivity contribution >= 4 is 26.5 Å². The highest BCUT2D eigenvalue weighted by atomic mass is 32.2. The van der Waals surface area contributed by atoms with Gasteiger partial charge in [-0.25, -0.2) is 18.5 Å². The standard InChI is InChI=1S/C13H15N3O4S2/c1-16(13-15-6-12(21-13)22(14,17)18)7-9-8-19-10-4-2-3-5-11(10)20-9/h2-6,9H,7-8H2,1H3,(H2,14,17,18). The van der Waals surface area contributed by atoms with E-state index in [-0.39, 0.29) is 10.3 Å². The molecule has 1 aliphatic heterocycles. The number of fused-ring (bicyclic) bond motifs is 1. The lowest BCUT2D eigenvalue weighted by Crippen LogP contribution is -2.39. The number of nitrogens with zero attached hydrogens (tertiary/aromatic N) is 2. The highest BCUT2D eigenvalue weighted by Gasteiger charge is 2.23. The molecule has 1 atom stereocenters. The molecule has 0 radical (unpaired) electrons. The smallest absolute Gasteiger partial charge is 0.249 e. The number of hydrogen-bond acceptors (Lipinski definition) is 7.